The summed E-state index contributed by atoms with van der Waals surface area (Å²) in [5, 5.41) is 0. The molecule has 1 aromatic rings. The van der Waals surface area contributed by atoms with E-state index in [4.69, 9.17) is 10.5 Å². The van der Waals surface area contributed by atoms with Crippen LogP contribution in [0, 0.1) is 0 Å². The zero-order valence-electron chi connectivity index (χ0n) is 8.32. The Balaban J connectivity index is 0.000000980. The molecule has 1 fully saturated rings. The zero-order chi connectivity index (χ0) is 9.26. The Morgan fingerprint density at radius 1 is 1.43 bits per heavy atom. The van der Waals surface area contributed by atoms with Gasteiger partial charge in [0.25, 0.3) is 0 Å². The molecule has 0 saturated heterocycles. The molecule has 0 spiro atoms. The van der Waals surface area contributed by atoms with Crippen LogP contribution in [0.4, 0.5) is 0 Å². The third-order valence-electron chi connectivity index (χ3n) is 2.57. The molecule has 0 bridgehead atoms. The minimum atomic E-state index is 0. The molecule has 2 N–H and O–H groups in total. The predicted octanol–water partition coefficient (Wildman–Crippen LogP) is 2.45. The van der Waals surface area contributed by atoms with Gasteiger partial charge in [0.2, 0.25) is 0 Å². The average Bonchev–Trinajstić information content (AvgIpc) is 3.00. The lowest BCUT2D eigenvalue weighted by Crippen LogP contribution is -2.00. The van der Waals surface area contributed by atoms with Crippen LogP contribution in [0.5, 0.6) is 5.75 Å². The van der Waals surface area contributed by atoms with E-state index in [0.29, 0.717) is 6.54 Å². The van der Waals surface area contributed by atoms with Gasteiger partial charge in [0, 0.05) is 12.1 Å². The highest BCUT2D eigenvalue weighted by atomic mass is 35.5. The van der Waals surface area contributed by atoms with E-state index in [1.807, 2.05) is 6.07 Å². The van der Waals surface area contributed by atoms with Gasteiger partial charge in [-0.3, -0.25) is 0 Å². The molecule has 78 valence electrons. The normalized spacial score (nSPS) is 14.7. The average molecular weight is 214 g/mol. The zero-order valence-corrected chi connectivity index (χ0v) is 9.14. The smallest absolute Gasteiger partial charge is 0.123 e. The predicted molar refractivity (Wildman–Crippen MR) is 60.1 cm³/mol. The molecule has 1 aliphatic carbocycles. The maximum Gasteiger partial charge on any atom is 0.123 e. The lowest BCUT2D eigenvalue weighted by molar-refractivity contribution is 0.409. The van der Waals surface area contributed by atoms with Crippen molar-refractivity contribution in [2.45, 2.75) is 25.3 Å². The summed E-state index contributed by atoms with van der Waals surface area (Å²) in [6.07, 6.45) is 2.66. The summed E-state index contributed by atoms with van der Waals surface area (Å²) in [5.41, 5.74) is 8.17. The molecular weight excluding hydrogens is 198 g/mol. The molecule has 14 heavy (non-hydrogen) atoms. The molecule has 0 radical (unpaired) electrons. The highest BCUT2D eigenvalue weighted by molar-refractivity contribution is 5.85. The number of rotatable bonds is 3. The number of nitrogens with two attached hydrogens (primary N) is 1. The topological polar surface area (TPSA) is 35.2 Å². The third-order valence-corrected chi connectivity index (χ3v) is 2.57. The van der Waals surface area contributed by atoms with Crippen molar-refractivity contribution < 1.29 is 4.74 Å². The van der Waals surface area contributed by atoms with Crippen LogP contribution in [0.15, 0.2) is 18.2 Å². The highest BCUT2D eigenvalue weighted by Gasteiger charge is 2.23. The largest absolute Gasteiger partial charge is 0.496 e. The lowest BCUT2D eigenvalue weighted by atomic mass is 10.1. The van der Waals surface area contributed by atoms with Crippen LogP contribution >= 0.6 is 12.4 Å². The van der Waals surface area contributed by atoms with Crippen LogP contribution in [0.1, 0.15) is 29.9 Å². The lowest BCUT2D eigenvalue weighted by Gasteiger charge is -2.08. The summed E-state index contributed by atoms with van der Waals surface area (Å²) >= 11 is 0. The summed E-state index contributed by atoms with van der Waals surface area (Å²) < 4.78 is 5.21. The number of halogens is 1. The first kappa shape index (κ1) is 11.3. The van der Waals surface area contributed by atoms with Crippen LogP contribution in [-0.4, -0.2) is 7.11 Å². The second kappa shape index (κ2) is 4.67. The summed E-state index contributed by atoms with van der Waals surface area (Å²) in [5.74, 6) is 1.70. The molecular formula is C11H16ClNO. The van der Waals surface area contributed by atoms with Gasteiger partial charge < -0.3 is 10.5 Å². The van der Waals surface area contributed by atoms with E-state index in [-0.39, 0.29) is 12.4 Å². The second-order valence-electron chi connectivity index (χ2n) is 3.55. The molecule has 1 aliphatic rings. The summed E-state index contributed by atoms with van der Waals surface area (Å²) in [6.45, 7) is 0.559. The molecule has 0 aliphatic heterocycles. The Morgan fingerprint density at radius 2 is 2.14 bits per heavy atom. The van der Waals surface area contributed by atoms with E-state index in [1.54, 1.807) is 7.11 Å². The van der Waals surface area contributed by atoms with Crippen LogP contribution in [0.25, 0.3) is 0 Å². The van der Waals surface area contributed by atoms with E-state index in [0.717, 1.165) is 17.2 Å². The van der Waals surface area contributed by atoms with E-state index >= 15 is 0 Å². The fourth-order valence-corrected chi connectivity index (χ4v) is 1.63. The number of benzene rings is 1. The molecule has 0 atom stereocenters. The van der Waals surface area contributed by atoms with Gasteiger partial charge in [-0.15, -0.1) is 12.4 Å². The Kier molecular flexibility index (Phi) is 3.78. The second-order valence-corrected chi connectivity index (χ2v) is 3.55. The maximum absolute atomic E-state index is 5.64. The molecule has 2 nitrogen and oxygen atoms in total. The van der Waals surface area contributed by atoms with Crippen molar-refractivity contribution in [2.24, 2.45) is 5.73 Å². The van der Waals surface area contributed by atoms with Gasteiger partial charge in [-0.05, 0) is 30.4 Å². The molecule has 0 amide bonds. The maximum atomic E-state index is 5.64. The van der Waals surface area contributed by atoms with Gasteiger partial charge in [-0.2, -0.15) is 0 Å². The molecule has 0 unspecified atom stereocenters. The van der Waals surface area contributed by atoms with E-state index in [1.165, 1.54) is 18.4 Å². The molecule has 1 saturated carbocycles. The monoisotopic (exact) mass is 213 g/mol. The summed E-state index contributed by atoms with van der Waals surface area (Å²) in [7, 11) is 1.69. The Hall–Kier alpha value is -0.730. The van der Waals surface area contributed by atoms with Gasteiger partial charge in [-0.25, -0.2) is 0 Å². The van der Waals surface area contributed by atoms with Crippen LogP contribution in [0.3, 0.4) is 0 Å². The van der Waals surface area contributed by atoms with Crippen molar-refractivity contribution in [3.8, 4) is 5.75 Å². The van der Waals surface area contributed by atoms with Crippen molar-refractivity contribution in [3.05, 3.63) is 29.3 Å². The summed E-state index contributed by atoms with van der Waals surface area (Å²) in [6, 6.07) is 6.35. The number of methoxy groups -OCH3 is 1. The minimum absolute atomic E-state index is 0. The third kappa shape index (κ3) is 2.20. The quantitative estimate of drug-likeness (QED) is 0.837. The summed E-state index contributed by atoms with van der Waals surface area (Å²) in [4.78, 5) is 0. The van der Waals surface area contributed by atoms with E-state index in [2.05, 4.69) is 12.1 Å². The van der Waals surface area contributed by atoms with Crippen LogP contribution < -0.4 is 10.5 Å². The Morgan fingerprint density at radius 3 is 2.64 bits per heavy atom. The van der Waals surface area contributed by atoms with Crippen molar-refractivity contribution in [3.63, 3.8) is 0 Å². The van der Waals surface area contributed by atoms with E-state index < -0.39 is 0 Å². The van der Waals surface area contributed by atoms with E-state index in [9.17, 15) is 0 Å². The Bertz CT molecular complexity index is 310. The van der Waals surface area contributed by atoms with Crippen LogP contribution in [0.2, 0.25) is 0 Å². The van der Waals surface area contributed by atoms with Crippen LogP contribution in [-0.2, 0) is 6.54 Å². The fourth-order valence-electron chi connectivity index (χ4n) is 1.63. The van der Waals surface area contributed by atoms with Gasteiger partial charge in [0.15, 0.2) is 0 Å². The number of hydrogen-bond acceptors (Lipinski definition) is 2. The van der Waals surface area contributed by atoms with Gasteiger partial charge in [0.1, 0.15) is 5.75 Å². The van der Waals surface area contributed by atoms with Crippen molar-refractivity contribution in [1.82, 2.24) is 0 Å². The van der Waals surface area contributed by atoms with Crippen molar-refractivity contribution in [1.29, 1.82) is 0 Å². The molecule has 2 rings (SSSR count). The van der Waals surface area contributed by atoms with Crippen molar-refractivity contribution >= 4 is 12.4 Å². The van der Waals surface area contributed by atoms with Crippen molar-refractivity contribution in [2.75, 3.05) is 7.11 Å². The Labute approximate surface area is 90.9 Å². The first-order chi connectivity index (χ1) is 6.35. The number of hydrogen-bond donors (Lipinski definition) is 1. The number of ether oxygens (including phenoxy) is 1. The standard InChI is InChI=1S/C11H15NO.ClH/c1-13-11-5-4-9(8-2-3-8)6-10(11)7-12;/h4-6,8H,2-3,7,12H2,1H3;1H. The van der Waals surface area contributed by atoms with Gasteiger partial charge in [0.05, 0.1) is 7.11 Å². The molecule has 3 heteroatoms. The SMILES string of the molecule is COc1ccc(C2CC2)cc1CN.Cl. The van der Waals surface area contributed by atoms with Gasteiger partial charge in [-0.1, -0.05) is 12.1 Å². The van der Waals surface area contributed by atoms with Gasteiger partial charge >= 0.3 is 0 Å². The highest BCUT2D eigenvalue weighted by Crippen LogP contribution is 2.41. The minimum Gasteiger partial charge on any atom is -0.496 e. The molecule has 1 aromatic carbocycles. The first-order valence-corrected chi connectivity index (χ1v) is 4.72. The fraction of sp³-hybridized carbons (Fsp3) is 0.455. The first-order valence-electron chi connectivity index (χ1n) is 4.72. The molecule has 0 aromatic heterocycles. The molecule has 0 heterocycles.